The van der Waals surface area contributed by atoms with Gasteiger partial charge in [-0.1, -0.05) is 38.1 Å². The molecule has 0 aliphatic carbocycles. The van der Waals surface area contributed by atoms with Gasteiger partial charge in [0.25, 0.3) is 9.04 Å². The molecule has 1 rings (SSSR count). The van der Waals surface area contributed by atoms with Crippen LogP contribution in [0.2, 0.25) is 12.1 Å². The van der Waals surface area contributed by atoms with Crippen molar-refractivity contribution >= 4 is 15.1 Å². The van der Waals surface area contributed by atoms with Gasteiger partial charge in [-0.3, -0.25) is 0 Å². The molecule has 0 bridgehead atoms. The lowest BCUT2D eigenvalue weighted by atomic mass is 10.1. The Bertz CT molecular complexity index is 316. The highest BCUT2D eigenvalue weighted by Crippen LogP contribution is 2.09. The van der Waals surface area contributed by atoms with Crippen molar-refractivity contribution in [3.63, 3.8) is 0 Å². The van der Waals surface area contributed by atoms with E-state index in [-0.39, 0.29) is 0 Å². The number of hydrogen-bond donors (Lipinski definition) is 0. The van der Waals surface area contributed by atoms with Gasteiger partial charge < -0.3 is 4.43 Å². The second-order valence-electron chi connectivity index (χ2n) is 3.52. The monoisotopic (exact) mass is 219 g/mol. The molecule has 0 aromatic heterocycles. The van der Waals surface area contributed by atoms with Gasteiger partial charge in [-0.05, 0) is 36.2 Å². The molecule has 0 heterocycles. The van der Waals surface area contributed by atoms with E-state index in [2.05, 4.69) is 51.1 Å². The largest absolute Gasteiger partial charge is 0.547 e. The highest BCUT2D eigenvalue weighted by Gasteiger charge is 2.05. The van der Waals surface area contributed by atoms with Crippen molar-refractivity contribution in [3.8, 4) is 0 Å². The predicted octanol–water partition coefficient (Wildman–Crippen LogP) is 4.01. The van der Waals surface area contributed by atoms with Crippen molar-refractivity contribution in [2.75, 3.05) is 0 Å². The first-order valence-corrected chi connectivity index (χ1v) is 7.33. The van der Waals surface area contributed by atoms with Crippen LogP contribution in [-0.4, -0.2) is 9.04 Å². The maximum Gasteiger partial charge on any atom is 0.279 e. The number of benzene rings is 1. The summed E-state index contributed by atoms with van der Waals surface area (Å²) in [7, 11) is -0.592. The van der Waals surface area contributed by atoms with Crippen molar-refractivity contribution in [2.24, 2.45) is 0 Å². The zero-order chi connectivity index (χ0) is 11.1. The van der Waals surface area contributed by atoms with Gasteiger partial charge in [0.15, 0.2) is 0 Å². The zero-order valence-electron chi connectivity index (χ0n) is 9.79. The van der Waals surface area contributed by atoms with Crippen LogP contribution in [0.1, 0.15) is 25.0 Å². The molecule has 0 fully saturated rings. The van der Waals surface area contributed by atoms with Gasteiger partial charge in [0.05, 0.1) is 6.26 Å². The Hall–Kier alpha value is -1.02. The topological polar surface area (TPSA) is 9.23 Å². The summed E-state index contributed by atoms with van der Waals surface area (Å²) >= 11 is 0. The SMILES string of the molecule is CC[Si](CC)OC=Cc1ccccc1C. The lowest BCUT2D eigenvalue weighted by molar-refractivity contribution is 0.493. The van der Waals surface area contributed by atoms with E-state index in [0.717, 1.165) is 0 Å². The van der Waals surface area contributed by atoms with Crippen LogP contribution in [0.25, 0.3) is 6.08 Å². The summed E-state index contributed by atoms with van der Waals surface area (Å²) in [4.78, 5) is 0. The third-order valence-corrected chi connectivity index (χ3v) is 4.51. The van der Waals surface area contributed by atoms with Crippen molar-refractivity contribution in [3.05, 3.63) is 41.7 Å². The molecule has 1 radical (unpaired) electrons. The molecule has 1 aromatic carbocycles. The Kier molecular flexibility index (Phi) is 5.19. The molecule has 1 nitrogen and oxygen atoms in total. The molecule has 81 valence electrons. The summed E-state index contributed by atoms with van der Waals surface area (Å²) in [6, 6.07) is 10.7. The van der Waals surface area contributed by atoms with Crippen molar-refractivity contribution in [1.82, 2.24) is 0 Å². The molecule has 0 N–H and O–H groups in total. The normalized spacial score (nSPS) is 11.2. The smallest absolute Gasteiger partial charge is 0.279 e. The van der Waals surface area contributed by atoms with Crippen molar-refractivity contribution in [2.45, 2.75) is 32.9 Å². The fraction of sp³-hybridized carbons (Fsp3) is 0.385. The van der Waals surface area contributed by atoms with E-state index in [0.29, 0.717) is 0 Å². The lowest BCUT2D eigenvalue weighted by Crippen LogP contribution is -2.10. The molecule has 2 heteroatoms. The average molecular weight is 219 g/mol. The van der Waals surface area contributed by atoms with Crippen LogP contribution in [-0.2, 0) is 4.43 Å². The Morgan fingerprint density at radius 2 is 1.87 bits per heavy atom. The molecule has 0 saturated heterocycles. The molecular formula is C13H19OSi. The van der Waals surface area contributed by atoms with Crippen LogP contribution in [0.15, 0.2) is 30.5 Å². The van der Waals surface area contributed by atoms with Crippen LogP contribution >= 0.6 is 0 Å². The first-order valence-electron chi connectivity index (χ1n) is 5.51. The number of rotatable bonds is 5. The first kappa shape index (κ1) is 12.0. The van der Waals surface area contributed by atoms with E-state index < -0.39 is 9.04 Å². The fourth-order valence-corrected chi connectivity index (χ4v) is 2.49. The van der Waals surface area contributed by atoms with Crippen LogP contribution in [0.3, 0.4) is 0 Å². The minimum atomic E-state index is -0.592. The summed E-state index contributed by atoms with van der Waals surface area (Å²) < 4.78 is 5.72. The Morgan fingerprint density at radius 3 is 2.47 bits per heavy atom. The Labute approximate surface area is 94.5 Å². The maximum absolute atomic E-state index is 5.72. The minimum absolute atomic E-state index is 0.592. The molecule has 15 heavy (non-hydrogen) atoms. The molecule has 0 aliphatic heterocycles. The maximum atomic E-state index is 5.72. The summed E-state index contributed by atoms with van der Waals surface area (Å²) in [5.41, 5.74) is 2.53. The van der Waals surface area contributed by atoms with Crippen LogP contribution in [0.5, 0.6) is 0 Å². The predicted molar refractivity (Wildman–Crippen MR) is 68.0 cm³/mol. The molecule has 1 aromatic rings. The van der Waals surface area contributed by atoms with Gasteiger partial charge in [0.1, 0.15) is 0 Å². The van der Waals surface area contributed by atoms with Gasteiger partial charge in [0, 0.05) is 0 Å². The standard InChI is InChI=1S/C13H19OSi/c1-4-15(5-2)14-11-10-13-9-7-6-8-12(13)3/h6-11H,4-5H2,1-3H3. The van der Waals surface area contributed by atoms with E-state index in [9.17, 15) is 0 Å². The van der Waals surface area contributed by atoms with Crippen LogP contribution in [0.4, 0.5) is 0 Å². The van der Waals surface area contributed by atoms with Gasteiger partial charge in [-0.25, -0.2) is 0 Å². The van der Waals surface area contributed by atoms with E-state index in [1.165, 1.54) is 23.2 Å². The van der Waals surface area contributed by atoms with Crippen LogP contribution < -0.4 is 0 Å². The summed E-state index contributed by atoms with van der Waals surface area (Å²) in [6.07, 6.45) is 3.93. The summed E-state index contributed by atoms with van der Waals surface area (Å²) in [5, 5.41) is 0. The van der Waals surface area contributed by atoms with Gasteiger partial charge in [-0.2, -0.15) is 0 Å². The number of aryl methyl sites for hydroxylation is 1. The molecule has 0 amide bonds. The third-order valence-electron chi connectivity index (χ3n) is 2.46. The van der Waals surface area contributed by atoms with E-state index in [4.69, 9.17) is 4.43 Å². The molecule has 0 atom stereocenters. The first-order chi connectivity index (χ1) is 7.27. The highest BCUT2D eigenvalue weighted by molar-refractivity contribution is 6.51. The van der Waals surface area contributed by atoms with Gasteiger partial charge >= 0.3 is 0 Å². The van der Waals surface area contributed by atoms with Gasteiger partial charge in [0.2, 0.25) is 0 Å². The summed E-state index contributed by atoms with van der Waals surface area (Å²) in [6.45, 7) is 6.50. The Morgan fingerprint density at radius 1 is 1.20 bits per heavy atom. The second-order valence-corrected chi connectivity index (χ2v) is 6.25. The third kappa shape index (κ3) is 3.92. The minimum Gasteiger partial charge on any atom is -0.547 e. The van der Waals surface area contributed by atoms with E-state index >= 15 is 0 Å². The average Bonchev–Trinajstić information content (AvgIpc) is 2.27. The Balaban J connectivity index is 2.54. The zero-order valence-corrected chi connectivity index (χ0v) is 10.8. The lowest BCUT2D eigenvalue weighted by Gasteiger charge is -2.08. The van der Waals surface area contributed by atoms with E-state index in [1.54, 1.807) is 0 Å². The summed E-state index contributed by atoms with van der Waals surface area (Å²) in [5.74, 6) is 0. The molecule has 0 unspecified atom stereocenters. The molecule has 0 saturated carbocycles. The molecular weight excluding hydrogens is 200 g/mol. The quantitative estimate of drug-likeness (QED) is 0.537. The van der Waals surface area contributed by atoms with Gasteiger partial charge in [-0.15, -0.1) is 0 Å². The van der Waals surface area contributed by atoms with Crippen molar-refractivity contribution in [1.29, 1.82) is 0 Å². The second kappa shape index (κ2) is 6.46. The van der Waals surface area contributed by atoms with Crippen LogP contribution in [0, 0.1) is 6.92 Å². The number of hydrogen-bond acceptors (Lipinski definition) is 1. The molecule has 0 aliphatic rings. The highest BCUT2D eigenvalue weighted by atomic mass is 28.3. The molecule has 0 spiro atoms. The fourth-order valence-electron chi connectivity index (χ4n) is 1.39. The van der Waals surface area contributed by atoms with Crippen molar-refractivity contribution < 1.29 is 4.43 Å². The van der Waals surface area contributed by atoms with E-state index in [1.807, 2.05) is 6.26 Å².